The Bertz CT molecular complexity index is 918. The van der Waals surface area contributed by atoms with E-state index in [1.807, 2.05) is 54.9 Å². The lowest BCUT2D eigenvalue weighted by molar-refractivity contribution is 0.497. The molecule has 0 amide bonds. The Balaban J connectivity index is 1.64. The van der Waals surface area contributed by atoms with Crippen molar-refractivity contribution in [2.75, 3.05) is 6.54 Å². The van der Waals surface area contributed by atoms with Crippen LogP contribution < -0.4 is 10.6 Å². The van der Waals surface area contributed by atoms with Crippen LogP contribution in [0.1, 0.15) is 18.5 Å². The predicted octanol–water partition coefficient (Wildman–Crippen LogP) is 4.24. The SMILES string of the molecule is CCNC(=NCc1cc(Cl)c(Cl)n1C)NCc1ncc(-c2ccccc2)o1. The molecule has 0 bridgehead atoms. The average Bonchev–Trinajstić information content (AvgIpc) is 3.25. The predicted molar refractivity (Wildman–Crippen MR) is 109 cm³/mol. The molecule has 0 saturated carbocycles. The molecule has 0 saturated heterocycles. The Labute approximate surface area is 168 Å². The summed E-state index contributed by atoms with van der Waals surface area (Å²) in [7, 11) is 1.86. The lowest BCUT2D eigenvalue weighted by Crippen LogP contribution is -2.36. The van der Waals surface area contributed by atoms with Gasteiger partial charge in [-0.05, 0) is 13.0 Å². The highest BCUT2D eigenvalue weighted by Crippen LogP contribution is 2.25. The van der Waals surface area contributed by atoms with Crippen LogP contribution in [0.15, 0.2) is 52.0 Å². The van der Waals surface area contributed by atoms with Gasteiger partial charge in [0, 0.05) is 24.8 Å². The number of guanidine groups is 1. The molecule has 6 nitrogen and oxygen atoms in total. The normalized spacial score (nSPS) is 11.6. The second kappa shape index (κ2) is 8.97. The van der Waals surface area contributed by atoms with E-state index in [1.165, 1.54) is 0 Å². The van der Waals surface area contributed by atoms with Gasteiger partial charge in [0.05, 0.1) is 24.3 Å². The van der Waals surface area contributed by atoms with Crippen LogP contribution in [0.25, 0.3) is 11.3 Å². The van der Waals surface area contributed by atoms with Gasteiger partial charge in [0.25, 0.3) is 0 Å². The van der Waals surface area contributed by atoms with Crippen LogP contribution in [-0.2, 0) is 20.1 Å². The minimum absolute atomic E-state index is 0.424. The maximum absolute atomic E-state index is 6.10. The zero-order valence-electron chi connectivity index (χ0n) is 15.2. The van der Waals surface area contributed by atoms with E-state index in [0.29, 0.717) is 35.1 Å². The van der Waals surface area contributed by atoms with Crippen LogP contribution in [0.3, 0.4) is 0 Å². The number of rotatable bonds is 6. The molecule has 1 aromatic carbocycles. The lowest BCUT2D eigenvalue weighted by Gasteiger charge is -2.10. The van der Waals surface area contributed by atoms with Gasteiger partial charge in [0.15, 0.2) is 11.7 Å². The number of aliphatic imine (C=N–C) groups is 1. The van der Waals surface area contributed by atoms with Gasteiger partial charge in [-0.25, -0.2) is 9.98 Å². The highest BCUT2D eigenvalue weighted by molar-refractivity contribution is 6.41. The minimum Gasteiger partial charge on any atom is -0.439 e. The molecule has 0 aliphatic carbocycles. The molecule has 0 aliphatic rings. The summed E-state index contributed by atoms with van der Waals surface area (Å²) >= 11 is 12.2. The van der Waals surface area contributed by atoms with Crippen LogP contribution >= 0.6 is 23.2 Å². The average molecular weight is 406 g/mol. The standard InChI is InChI=1S/C19H21Cl2N5O/c1-3-22-19(24-10-14-9-15(20)18(21)26(14)2)25-12-17-23-11-16(27-17)13-7-5-4-6-8-13/h4-9,11H,3,10,12H2,1-2H3,(H2,22,24,25). The van der Waals surface area contributed by atoms with Gasteiger partial charge in [0.2, 0.25) is 5.89 Å². The minimum atomic E-state index is 0.424. The van der Waals surface area contributed by atoms with E-state index in [0.717, 1.165) is 23.6 Å². The van der Waals surface area contributed by atoms with Crippen molar-refractivity contribution in [3.63, 3.8) is 0 Å². The summed E-state index contributed by atoms with van der Waals surface area (Å²) in [4.78, 5) is 8.89. The molecule has 0 radical (unpaired) electrons. The number of benzene rings is 1. The molecule has 3 rings (SSSR count). The monoisotopic (exact) mass is 405 g/mol. The number of aromatic nitrogens is 2. The van der Waals surface area contributed by atoms with Gasteiger partial charge in [0.1, 0.15) is 5.15 Å². The molecule has 0 atom stereocenters. The maximum Gasteiger partial charge on any atom is 0.214 e. The molecule has 2 heterocycles. The summed E-state index contributed by atoms with van der Waals surface area (Å²) in [5, 5.41) is 7.45. The van der Waals surface area contributed by atoms with E-state index < -0.39 is 0 Å². The van der Waals surface area contributed by atoms with Gasteiger partial charge < -0.3 is 19.6 Å². The number of hydrogen-bond donors (Lipinski definition) is 2. The molecule has 0 spiro atoms. The fraction of sp³-hybridized carbons (Fsp3) is 0.263. The topological polar surface area (TPSA) is 67.4 Å². The Kier molecular flexibility index (Phi) is 6.42. The number of halogens is 2. The molecular formula is C19H21Cl2N5O. The van der Waals surface area contributed by atoms with Crippen molar-refractivity contribution in [2.24, 2.45) is 12.0 Å². The molecule has 3 aromatic rings. The fourth-order valence-corrected chi connectivity index (χ4v) is 2.95. The maximum atomic E-state index is 6.10. The first-order valence-electron chi connectivity index (χ1n) is 8.60. The van der Waals surface area contributed by atoms with Crippen LogP contribution in [0.4, 0.5) is 0 Å². The number of nitrogens with one attached hydrogen (secondary N) is 2. The molecule has 0 fully saturated rings. The zero-order valence-corrected chi connectivity index (χ0v) is 16.7. The van der Waals surface area contributed by atoms with Crippen molar-refractivity contribution in [3.8, 4) is 11.3 Å². The second-order valence-electron chi connectivity index (χ2n) is 5.87. The molecule has 8 heteroatoms. The molecule has 0 aliphatic heterocycles. The molecule has 2 N–H and O–H groups in total. The van der Waals surface area contributed by atoms with Crippen molar-refractivity contribution in [1.82, 2.24) is 20.2 Å². The van der Waals surface area contributed by atoms with Gasteiger partial charge >= 0.3 is 0 Å². The lowest BCUT2D eigenvalue weighted by atomic mass is 10.2. The van der Waals surface area contributed by atoms with Crippen molar-refractivity contribution in [1.29, 1.82) is 0 Å². The van der Waals surface area contributed by atoms with Gasteiger partial charge in [-0.15, -0.1) is 0 Å². The number of nitrogens with zero attached hydrogens (tertiary/aromatic N) is 3. The molecular weight excluding hydrogens is 385 g/mol. The van der Waals surface area contributed by atoms with Gasteiger partial charge in [-0.1, -0.05) is 53.5 Å². The highest BCUT2D eigenvalue weighted by atomic mass is 35.5. The molecule has 27 heavy (non-hydrogen) atoms. The summed E-state index contributed by atoms with van der Waals surface area (Å²) in [6.07, 6.45) is 1.73. The summed E-state index contributed by atoms with van der Waals surface area (Å²) in [6.45, 7) is 3.61. The van der Waals surface area contributed by atoms with Crippen molar-refractivity contribution in [2.45, 2.75) is 20.0 Å². The highest BCUT2D eigenvalue weighted by Gasteiger charge is 2.10. The third-order valence-electron chi connectivity index (χ3n) is 3.98. The molecule has 0 unspecified atom stereocenters. The Morgan fingerprint density at radius 3 is 2.67 bits per heavy atom. The van der Waals surface area contributed by atoms with Crippen LogP contribution in [0, 0.1) is 0 Å². The van der Waals surface area contributed by atoms with Crippen molar-refractivity contribution < 1.29 is 4.42 Å². The first kappa shape index (κ1) is 19.3. The third kappa shape index (κ3) is 4.84. The summed E-state index contributed by atoms with van der Waals surface area (Å²) in [5.41, 5.74) is 1.92. The number of hydrogen-bond acceptors (Lipinski definition) is 3. The first-order valence-corrected chi connectivity index (χ1v) is 9.36. The van der Waals surface area contributed by atoms with Crippen LogP contribution in [-0.4, -0.2) is 22.1 Å². The van der Waals surface area contributed by atoms with E-state index >= 15 is 0 Å². The Hall–Kier alpha value is -2.44. The fourth-order valence-electron chi connectivity index (χ4n) is 2.53. The van der Waals surface area contributed by atoms with E-state index in [1.54, 1.807) is 6.20 Å². The van der Waals surface area contributed by atoms with E-state index in [4.69, 9.17) is 27.6 Å². The van der Waals surface area contributed by atoms with E-state index in [-0.39, 0.29) is 0 Å². The molecule has 142 valence electrons. The summed E-state index contributed by atoms with van der Waals surface area (Å²) < 4.78 is 7.62. The summed E-state index contributed by atoms with van der Waals surface area (Å²) in [6, 6.07) is 11.7. The zero-order chi connectivity index (χ0) is 19.2. The van der Waals surface area contributed by atoms with Crippen LogP contribution in [0.2, 0.25) is 10.2 Å². The van der Waals surface area contributed by atoms with E-state index in [9.17, 15) is 0 Å². The Morgan fingerprint density at radius 2 is 2.00 bits per heavy atom. The van der Waals surface area contributed by atoms with E-state index in [2.05, 4.69) is 20.6 Å². The van der Waals surface area contributed by atoms with Gasteiger partial charge in [-0.3, -0.25) is 0 Å². The molecule has 2 aromatic heterocycles. The van der Waals surface area contributed by atoms with Crippen molar-refractivity contribution in [3.05, 3.63) is 64.4 Å². The smallest absolute Gasteiger partial charge is 0.214 e. The van der Waals surface area contributed by atoms with Gasteiger partial charge in [-0.2, -0.15) is 0 Å². The first-order chi connectivity index (χ1) is 13.1. The quantitative estimate of drug-likeness (QED) is 0.475. The van der Waals surface area contributed by atoms with Crippen molar-refractivity contribution >= 4 is 29.2 Å². The third-order valence-corrected chi connectivity index (χ3v) is 4.82. The number of oxazole rings is 1. The largest absolute Gasteiger partial charge is 0.439 e. The Morgan fingerprint density at radius 1 is 1.22 bits per heavy atom. The van der Waals surface area contributed by atoms with Crippen LogP contribution in [0.5, 0.6) is 0 Å². The summed E-state index contributed by atoms with van der Waals surface area (Å²) in [5.74, 6) is 1.98. The second-order valence-corrected chi connectivity index (χ2v) is 6.63.